The minimum Gasteiger partial charge on any atom is -0.450 e. The number of likely N-dealkylation sites (tertiary alicyclic amines) is 1. The minimum absolute atomic E-state index is 0.257. The first-order chi connectivity index (χ1) is 9.70. The Labute approximate surface area is 117 Å². The van der Waals surface area contributed by atoms with Crippen LogP contribution in [0.15, 0.2) is 35.4 Å². The summed E-state index contributed by atoms with van der Waals surface area (Å²) in [5.41, 5.74) is 3.82. The van der Waals surface area contributed by atoms with Crippen molar-refractivity contribution in [3.8, 4) is 0 Å². The summed E-state index contributed by atoms with van der Waals surface area (Å²) in [6.07, 6.45) is 0.306. The second kappa shape index (κ2) is 6.70. The molecule has 1 fully saturated rings. The van der Waals surface area contributed by atoms with Gasteiger partial charge in [0.05, 0.1) is 18.9 Å². The second-order valence-corrected chi connectivity index (χ2v) is 4.36. The van der Waals surface area contributed by atoms with Crippen LogP contribution < -0.4 is 5.43 Å². The SMILES string of the molecule is CCOC(=O)N1CC/C(=N\NC(=O)c2ccccc2)C1. The molecule has 1 aliphatic rings. The molecule has 0 atom stereocenters. The molecular formula is C14H17N3O3. The summed E-state index contributed by atoms with van der Waals surface area (Å²) in [6.45, 7) is 3.09. The van der Waals surface area contributed by atoms with E-state index in [4.69, 9.17) is 4.74 Å². The molecule has 1 N–H and O–H groups in total. The van der Waals surface area contributed by atoms with Crippen molar-refractivity contribution in [2.75, 3.05) is 19.7 Å². The molecule has 2 amide bonds. The molecule has 20 heavy (non-hydrogen) atoms. The fourth-order valence-corrected chi connectivity index (χ4v) is 1.89. The number of nitrogens with one attached hydrogen (secondary N) is 1. The van der Waals surface area contributed by atoms with Crippen molar-refractivity contribution in [1.29, 1.82) is 0 Å². The smallest absolute Gasteiger partial charge is 0.410 e. The summed E-state index contributed by atoms with van der Waals surface area (Å²) in [5, 5.41) is 4.06. The Morgan fingerprint density at radius 1 is 1.35 bits per heavy atom. The molecule has 1 aromatic rings. The maximum absolute atomic E-state index is 11.8. The van der Waals surface area contributed by atoms with Gasteiger partial charge in [-0.25, -0.2) is 10.2 Å². The summed E-state index contributed by atoms with van der Waals surface area (Å²) in [5.74, 6) is -0.257. The lowest BCUT2D eigenvalue weighted by atomic mass is 10.2. The van der Waals surface area contributed by atoms with Crippen LogP contribution in [-0.4, -0.2) is 42.3 Å². The van der Waals surface area contributed by atoms with Gasteiger partial charge < -0.3 is 9.64 Å². The Hall–Kier alpha value is -2.37. The molecule has 0 aromatic heterocycles. The first-order valence-corrected chi connectivity index (χ1v) is 6.53. The van der Waals surface area contributed by atoms with E-state index < -0.39 is 0 Å². The quantitative estimate of drug-likeness (QED) is 0.852. The summed E-state index contributed by atoms with van der Waals surface area (Å²) >= 11 is 0. The molecular weight excluding hydrogens is 258 g/mol. The van der Waals surface area contributed by atoms with Gasteiger partial charge in [-0.1, -0.05) is 18.2 Å². The Morgan fingerprint density at radius 3 is 2.80 bits per heavy atom. The third kappa shape index (κ3) is 3.57. The number of carbonyl (C=O) groups excluding carboxylic acids is 2. The highest BCUT2D eigenvalue weighted by atomic mass is 16.6. The molecule has 1 aromatic carbocycles. The summed E-state index contributed by atoms with van der Waals surface area (Å²) < 4.78 is 4.91. The average molecular weight is 275 g/mol. The van der Waals surface area contributed by atoms with Crippen molar-refractivity contribution < 1.29 is 14.3 Å². The largest absolute Gasteiger partial charge is 0.450 e. The van der Waals surface area contributed by atoms with Crippen molar-refractivity contribution in [2.24, 2.45) is 5.10 Å². The Bertz CT molecular complexity index is 514. The van der Waals surface area contributed by atoms with E-state index in [2.05, 4.69) is 10.5 Å². The number of benzene rings is 1. The zero-order valence-corrected chi connectivity index (χ0v) is 11.3. The van der Waals surface area contributed by atoms with Crippen LogP contribution in [0, 0.1) is 0 Å². The number of rotatable bonds is 3. The molecule has 6 heteroatoms. The molecule has 106 valence electrons. The first kappa shape index (κ1) is 14.0. The van der Waals surface area contributed by atoms with E-state index in [-0.39, 0.29) is 12.0 Å². The van der Waals surface area contributed by atoms with Crippen molar-refractivity contribution >= 4 is 17.7 Å². The van der Waals surface area contributed by atoms with Crippen LogP contribution in [-0.2, 0) is 4.74 Å². The minimum atomic E-state index is -0.341. The highest BCUT2D eigenvalue weighted by Crippen LogP contribution is 2.07. The monoisotopic (exact) mass is 275 g/mol. The lowest BCUT2D eigenvalue weighted by molar-refractivity contribution is 0.0954. The highest BCUT2D eigenvalue weighted by Gasteiger charge is 2.23. The molecule has 1 heterocycles. The van der Waals surface area contributed by atoms with E-state index in [0.29, 0.717) is 31.7 Å². The van der Waals surface area contributed by atoms with Crippen LogP contribution in [0.25, 0.3) is 0 Å². The van der Waals surface area contributed by atoms with E-state index in [0.717, 1.165) is 5.71 Å². The molecule has 0 unspecified atom stereocenters. The maximum Gasteiger partial charge on any atom is 0.410 e. The Balaban J connectivity index is 1.87. The predicted molar refractivity (Wildman–Crippen MR) is 74.6 cm³/mol. The first-order valence-electron chi connectivity index (χ1n) is 6.53. The molecule has 0 saturated carbocycles. The number of amides is 2. The standard InChI is InChI=1S/C14H17N3O3/c1-2-20-14(19)17-9-8-12(10-17)15-16-13(18)11-6-4-3-5-7-11/h3-7H,2,8-10H2,1H3,(H,16,18)/b15-12+. The van der Waals surface area contributed by atoms with Crippen LogP contribution in [0.4, 0.5) is 4.79 Å². The van der Waals surface area contributed by atoms with Crippen LogP contribution in [0.1, 0.15) is 23.7 Å². The van der Waals surface area contributed by atoms with Gasteiger partial charge >= 0.3 is 6.09 Å². The van der Waals surface area contributed by atoms with Gasteiger partial charge in [0.1, 0.15) is 0 Å². The number of hydrogen-bond donors (Lipinski definition) is 1. The summed E-state index contributed by atoms with van der Waals surface area (Å²) in [7, 11) is 0. The number of nitrogens with zero attached hydrogens (tertiary/aromatic N) is 2. The van der Waals surface area contributed by atoms with Crippen LogP contribution in [0.2, 0.25) is 0 Å². The topological polar surface area (TPSA) is 71.0 Å². The maximum atomic E-state index is 11.8. The fourth-order valence-electron chi connectivity index (χ4n) is 1.89. The molecule has 6 nitrogen and oxygen atoms in total. The van der Waals surface area contributed by atoms with Gasteiger partial charge in [0.2, 0.25) is 0 Å². The number of ether oxygens (including phenoxy) is 1. The van der Waals surface area contributed by atoms with Crippen LogP contribution in [0.3, 0.4) is 0 Å². The lowest BCUT2D eigenvalue weighted by Crippen LogP contribution is -2.29. The molecule has 1 saturated heterocycles. The van der Waals surface area contributed by atoms with Gasteiger partial charge in [-0.15, -0.1) is 0 Å². The molecule has 0 spiro atoms. The zero-order chi connectivity index (χ0) is 14.4. The number of carbonyl (C=O) groups is 2. The van der Waals surface area contributed by atoms with Gasteiger partial charge in [0, 0.05) is 18.5 Å². The van der Waals surface area contributed by atoms with Crippen molar-refractivity contribution in [2.45, 2.75) is 13.3 Å². The molecule has 2 rings (SSSR count). The Morgan fingerprint density at radius 2 is 2.10 bits per heavy atom. The van der Waals surface area contributed by atoms with E-state index in [9.17, 15) is 9.59 Å². The van der Waals surface area contributed by atoms with Crippen molar-refractivity contribution in [3.05, 3.63) is 35.9 Å². The number of hydrazone groups is 1. The lowest BCUT2D eigenvalue weighted by Gasteiger charge is -2.13. The highest BCUT2D eigenvalue weighted by molar-refractivity contribution is 5.96. The third-order valence-corrected chi connectivity index (χ3v) is 2.92. The van der Waals surface area contributed by atoms with Crippen LogP contribution >= 0.6 is 0 Å². The Kier molecular flexibility index (Phi) is 4.70. The normalized spacial score (nSPS) is 16.2. The molecule has 0 aliphatic carbocycles. The van der Waals surface area contributed by atoms with Gasteiger partial charge in [-0.3, -0.25) is 4.79 Å². The fraction of sp³-hybridized carbons (Fsp3) is 0.357. The van der Waals surface area contributed by atoms with Gasteiger partial charge in [-0.2, -0.15) is 5.10 Å². The van der Waals surface area contributed by atoms with Gasteiger partial charge in [0.25, 0.3) is 5.91 Å². The second-order valence-electron chi connectivity index (χ2n) is 4.36. The summed E-state index contributed by atoms with van der Waals surface area (Å²) in [4.78, 5) is 24.9. The summed E-state index contributed by atoms with van der Waals surface area (Å²) in [6, 6.07) is 8.86. The van der Waals surface area contributed by atoms with Crippen molar-refractivity contribution in [3.63, 3.8) is 0 Å². The number of hydrogen-bond acceptors (Lipinski definition) is 4. The molecule has 0 radical (unpaired) electrons. The molecule has 0 bridgehead atoms. The van der Waals surface area contributed by atoms with Gasteiger partial charge in [-0.05, 0) is 19.1 Å². The zero-order valence-electron chi connectivity index (χ0n) is 11.3. The van der Waals surface area contributed by atoms with Gasteiger partial charge in [0.15, 0.2) is 0 Å². The van der Waals surface area contributed by atoms with Crippen molar-refractivity contribution in [1.82, 2.24) is 10.3 Å². The van der Waals surface area contributed by atoms with E-state index in [1.165, 1.54) is 0 Å². The third-order valence-electron chi connectivity index (χ3n) is 2.92. The molecule has 1 aliphatic heterocycles. The van der Waals surface area contributed by atoms with Crippen LogP contribution in [0.5, 0.6) is 0 Å². The van der Waals surface area contributed by atoms with E-state index in [1.54, 1.807) is 36.1 Å². The van der Waals surface area contributed by atoms with E-state index in [1.807, 2.05) is 6.07 Å². The predicted octanol–water partition coefficient (Wildman–Crippen LogP) is 1.63. The average Bonchev–Trinajstić information content (AvgIpc) is 2.95. The van der Waals surface area contributed by atoms with E-state index >= 15 is 0 Å².